The predicted molar refractivity (Wildman–Crippen MR) is 119 cm³/mol. The highest BCUT2D eigenvalue weighted by Crippen LogP contribution is 2.26. The molecule has 2 aromatic rings. The number of anilines is 1. The number of ether oxygens (including phenoxy) is 1. The molecule has 1 fully saturated rings. The van der Waals surface area contributed by atoms with E-state index in [1.807, 2.05) is 19.2 Å². The molecule has 1 atom stereocenters. The molecule has 3 rings (SSSR count). The molecule has 1 unspecified atom stereocenters. The first-order valence-corrected chi connectivity index (χ1v) is 10.4. The van der Waals surface area contributed by atoms with E-state index < -0.39 is 0 Å². The van der Waals surface area contributed by atoms with E-state index >= 15 is 0 Å². The second kappa shape index (κ2) is 9.68. The second-order valence-electron chi connectivity index (χ2n) is 8.24. The van der Waals surface area contributed by atoms with E-state index in [9.17, 15) is 4.79 Å². The Morgan fingerprint density at radius 3 is 2.69 bits per heavy atom. The summed E-state index contributed by atoms with van der Waals surface area (Å²) < 4.78 is 5.32. The highest BCUT2D eigenvalue weighted by atomic mass is 16.5. The van der Waals surface area contributed by atoms with Crippen LogP contribution in [0.3, 0.4) is 0 Å². The molecular formula is C24H33N3O2. The van der Waals surface area contributed by atoms with Gasteiger partial charge in [-0.2, -0.15) is 0 Å². The molecule has 1 heterocycles. The predicted octanol–water partition coefficient (Wildman–Crippen LogP) is 4.49. The molecule has 0 aromatic heterocycles. The van der Waals surface area contributed by atoms with Gasteiger partial charge < -0.3 is 19.9 Å². The van der Waals surface area contributed by atoms with E-state index in [1.54, 1.807) is 12.0 Å². The van der Waals surface area contributed by atoms with E-state index in [0.29, 0.717) is 24.9 Å². The van der Waals surface area contributed by atoms with Crippen LogP contribution in [0.25, 0.3) is 0 Å². The zero-order valence-corrected chi connectivity index (χ0v) is 18.0. The number of rotatable bonds is 7. The van der Waals surface area contributed by atoms with Crippen molar-refractivity contribution in [3.05, 3.63) is 59.7 Å². The van der Waals surface area contributed by atoms with E-state index in [4.69, 9.17) is 4.74 Å². The van der Waals surface area contributed by atoms with Crippen LogP contribution in [0.15, 0.2) is 48.5 Å². The molecule has 0 aliphatic carbocycles. The van der Waals surface area contributed by atoms with Crippen molar-refractivity contribution >= 4 is 11.7 Å². The molecule has 5 nitrogen and oxygen atoms in total. The largest absolute Gasteiger partial charge is 0.497 e. The van der Waals surface area contributed by atoms with Gasteiger partial charge in [-0.3, -0.25) is 0 Å². The Bertz CT molecular complexity index is 804. The van der Waals surface area contributed by atoms with Crippen LogP contribution in [0.1, 0.15) is 37.3 Å². The van der Waals surface area contributed by atoms with E-state index in [1.165, 1.54) is 11.3 Å². The fraction of sp³-hybridized carbons (Fsp3) is 0.458. The van der Waals surface area contributed by atoms with E-state index in [0.717, 1.165) is 30.8 Å². The summed E-state index contributed by atoms with van der Waals surface area (Å²) in [6, 6.07) is 16.7. The Morgan fingerprint density at radius 1 is 1.24 bits per heavy atom. The summed E-state index contributed by atoms with van der Waals surface area (Å²) in [5.41, 5.74) is 3.65. The minimum absolute atomic E-state index is 0.0160. The van der Waals surface area contributed by atoms with E-state index in [2.05, 4.69) is 60.5 Å². The number of methoxy groups -OCH3 is 1. The van der Waals surface area contributed by atoms with Crippen molar-refractivity contribution in [3.8, 4) is 5.75 Å². The summed E-state index contributed by atoms with van der Waals surface area (Å²) in [4.78, 5) is 16.6. The van der Waals surface area contributed by atoms with Crippen LogP contribution in [0, 0.1) is 5.92 Å². The van der Waals surface area contributed by atoms with Gasteiger partial charge in [0.15, 0.2) is 0 Å². The summed E-state index contributed by atoms with van der Waals surface area (Å²) >= 11 is 0. The smallest absolute Gasteiger partial charge is 0.317 e. The Hall–Kier alpha value is -2.69. The average molecular weight is 396 g/mol. The maximum Gasteiger partial charge on any atom is 0.317 e. The highest BCUT2D eigenvalue weighted by Gasteiger charge is 2.23. The van der Waals surface area contributed by atoms with Crippen LogP contribution < -0.4 is 15.0 Å². The van der Waals surface area contributed by atoms with Gasteiger partial charge in [-0.25, -0.2) is 4.79 Å². The maximum absolute atomic E-state index is 12.5. The number of benzene rings is 2. The molecule has 0 bridgehead atoms. The molecule has 0 radical (unpaired) electrons. The number of nitrogens with one attached hydrogen (secondary N) is 1. The molecule has 2 amide bonds. The second-order valence-corrected chi connectivity index (χ2v) is 8.24. The van der Waals surface area contributed by atoms with Crippen molar-refractivity contribution < 1.29 is 9.53 Å². The van der Waals surface area contributed by atoms with Crippen LogP contribution in [0.4, 0.5) is 10.5 Å². The molecular weight excluding hydrogens is 362 g/mol. The first kappa shape index (κ1) is 21.0. The van der Waals surface area contributed by atoms with Crippen LogP contribution in [0.5, 0.6) is 5.75 Å². The van der Waals surface area contributed by atoms with Crippen molar-refractivity contribution in [1.82, 2.24) is 10.2 Å². The number of hydrogen-bond acceptors (Lipinski definition) is 3. The maximum atomic E-state index is 12.5. The van der Waals surface area contributed by atoms with Gasteiger partial charge in [-0.05, 0) is 41.5 Å². The lowest BCUT2D eigenvalue weighted by Gasteiger charge is -2.21. The topological polar surface area (TPSA) is 44.8 Å². The molecule has 5 heteroatoms. The van der Waals surface area contributed by atoms with Gasteiger partial charge in [0, 0.05) is 45.0 Å². The standard InChI is InChI=1S/C24H33N3O2/c1-18(2)21-10-8-19(9-11-21)16-26(3)24(28)25-15-20-12-13-27(17-20)22-6-5-7-23(14-22)29-4/h5-11,14,18,20H,12-13,15-17H2,1-4H3,(H,25,28). The quantitative estimate of drug-likeness (QED) is 0.751. The number of urea groups is 1. The van der Waals surface area contributed by atoms with Gasteiger partial charge in [0.1, 0.15) is 5.75 Å². The highest BCUT2D eigenvalue weighted by molar-refractivity contribution is 5.73. The van der Waals surface area contributed by atoms with Crippen LogP contribution in [-0.4, -0.2) is 44.7 Å². The summed E-state index contributed by atoms with van der Waals surface area (Å²) in [5, 5.41) is 3.10. The lowest BCUT2D eigenvalue weighted by Crippen LogP contribution is -2.39. The van der Waals surface area contributed by atoms with Gasteiger partial charge in [0.05, 0.1) is 7.11 Å². The van der Waals surface area contributed by atoms with Gasteiger partial charge in [0.25, 0.3) is 0 Å². The molecule has 1 saturated heterocycles. The molecule has 0 spiro atoms. The average Bonchev–Trinajstić information content (AvgIpc) is 3.21. The Kier molecular flexibility index (Phi) is 7.02. The lowest BCUT2D eigenvalue weighted by molar-refractivity contribution is 0.205. The van der Waals surface area contributed by atoms with Gasteiger partial charge in [-0.1, -0.05) is 44.2 Å². The third-order valence-electron chi connectivity index (χ3n) is 5.66. The van der Waals surface area contributed by atoms with Crippen molar-refractivity contribution in [1.29, 1.82) is 0 Å². The third-order valence-corrected chi connectivity index (χ3v) is 5.66. The van der Waals surface area contributed by atoms with Crippen molar-refractivity contribution in [3.63, 3.8) is 0 Å². The lowest BCUT2D eigenvalue weighted by atomic mass is 10.0. The van der Waals surface area contributed by atoms with Gasteiger partial charge >= 0.3 is 6.03 Å². The number of amides is 2. The number of carbonyl (C=O) groups excluding carboxylic acids is 1. The number of carbonyl (C=O) groups is 1. The zero-order chi connectivity index (χ0) is 20.8. The Labute approximate surface area is 174 Å². The molecule has 1 aliphatic rings. The molecule has 1 aliphatic heterocycles. The first-order chi connectivity index (χ1) is 14.0. The number of hydrogen-bond donors (Lipinski definition) is 1. The van der Waals surface area contributed by atoms with Crippen molar-refractivity contribution in [2.24, 2.45) is 5.92 Å². The number of nitrogens with zero attached hydrogens (tertiary/aromatic N) is 2. The fourth-order valence-electron chi connectivity index (χ4n) is 3.76. The summed E-state index contributed by atoms with van der Waals surface area (Å²) in [7, 11) is 3.54. The minimum Gasteiger partial charge on any atom is -0.497 e. The van der Waals surface area contributed by atoms with Crippen LogP contribution in [-0.2, 0) is 6.54 Å². The van der Waals surface area contributed by atoms with Crippen LogP contribution >= 0.6 is 0 Å². The van der Waals surface area contributed by atoms with Crippen LogP contribution in [0.2, 0.25) is 0 Å². The third kappa shape index (κ3) is 5.66. The molecule has 0 saturated carbocycles. The summed E-state index contributed by atoms with van der Waals surface area (Å²) in [6.45, 7) is 7.65. The van der Waals surface area contributed by atoms with E-state index in [-0.39, 0.29) is 6.03 Å². The first-order valence-electron chi connectivity index (χ1n) is 10.4. The van der Waals surface area contributed by atoms with Gasteiger partial charge in [0.2, 0.25) is 0 Å². The Morgan fingerprint density at radius 2 is 2.00 bits per heavy atom. The van der Waals surface area contributed by atoms with Crippen molar-refractivity contribution in [2.45, 2.75) is 32.7 Å². The summed E-state index contributed by atoms with van der Waals surface area (Å²) in [6.07, 6.45) is 1.08. The molecule has 1 N–H and O–H groups in total. The zero-order valence-electron chi connectivity index (χ0n) is 18.0. The normalized spacial score (nSPS) is 16.2. The molecule has 29 heavy (non-hydrogen) atoms. The molecule has 2 aromatic carbocycles. The Balaban J connectivity index is 1.45. The minimum atomic E-state index is -0.0160. The molecule has 156 valence electrons. The monoisotopic (exact) mass is 395 g/mol. The SMILES string of the molecule is COc1cccc(N2CCC(CNC(=O)N(C)Cc3ccc(C(C)C)cc3)C2)c1. The summed E-state index contributed by atoms with van der Waals surface area (Å²) in [5.74, 6) is 1.86. The van der Waals surface area contributed by atoms with Gasteiger partial charge in [-0.15, -0.1) is 0 Å². The van der Waals surface area contributed by atoms with Crippen molar-refractivity contribution in [2.75, 3.05) is 38.7 Å². The fourth-order valence-corrected chi connectivity index (χ4v) is 3.76.